The van der Waals surface area contributed by atoms with Gasteiger partial charge in [-0.25, -0.2) is 9.55 Å². The molecule has 132 valence electrons. The smallest absolute Gasteiger partial charge is 0.342 e. The number of nitrogens with zero attached hydrogens (tertiary/aromatic N) is 3. The average Bonchev–Trinajstić information content (AvgIpc) is 2.81. The lowest BCUT2D eigenvalue weighted by Crippen LogP contribution is -2.31. The zero-order chi connectivity index (χ0) is 17.6. The van der Waals surface area contributed by atoms with E-state index < -0.39 is 4.92 Å². The van der Waals surface area contributed by atoms with Gasteiger partial charge in [-0.2, -0.15) is 0 Å². The summed E-state index contributed by atoms with van der Waals surface area (Å²) in [7, 11) is 0. The number of aryl methyl sites for hydroxylation is 1. The van der Waals surface area contributed by atoms with Gasteiger partial charge in [0.15, 0.2) is 5.82 Å². The fourth-order valence-electron chi connectivity index (χ4n) is 3.13. The van der Waals surface area contributed by atoms with E-state index >= 15 is 0 Å². The van der Waals surface area contributed by atoms with E-state index in [9.17, 15) is 15.2 Å². The van der Waals surface area contributed by atoms with Gasteiger partial charge in [0.05, 0.1) is 12.7 Å². The van der Waals surface area contributed by atoms with Crippen molar-refractivity contribution in [2.24, 2.45) is 17.8 Å². The third-order valence-corrected chi connectivity index (χ3v) is 4.53. The van der Waals surface area contributed by atoms with Crippen LogP contribution in [0.1, 0.15) is 45.9 Å². The fraction of sp³-hybridized carbons (Fsp3) is 0.812. The van der Waals surface area contributed by atoms with Crippen LogP contribution in [-0.2, 0) is 6.54 Å². The highest BCUT2D eigenvalue weighted by molar-refractivity contribution is 5.18. The van der Waals surface area contributed by atoms with E-state index in [0.29, 0.717) is 17.7 Å². The van der Waals surface area contributed by atoms with Crippen molar-refractivity contribution in [3.63, 3.8) is 0 Å². The first-order chi connectivity index (χ1) is 10.8. The van der Waals surface area contributed by atoms with E-state index in [1.807, 2.05) is 0 Å². The van der Waals surface area contributed by atoms with Crippen molar-refractivity contribution in [3.8, 4) is 0 Å². The lowest BCUT2D eigenvalue weighted by Gasteiger charge is -2.33. The van der Waals surface area contributed by atoms with E-state index in [1.54, 1.807) is 6.92 Å². The Hall–Kier alpha value is -1.47. The summed E-state index contributed by atoms with van der Waals surface area (Å²) in [4.78, 5) is 13.6. The van der Waals surface area contributed by atoms with E-state index in [4.69, 9.17) is 5.11 Å². The Morgan fingerprint density at radius 2 is 2.13 bits per heavy atom. The molecule has 1 aromatic rings. The molecule has 3 unspecified atom stereocenters. The lowest BCUT2D eigenvalue weighted by atomic mass is 9.75. The molecule has 0 aromatic carbocycles. The van der Waals surface area contributed by atoms with Crippen LogP contribution in [0.25, 0.3) is 0 Å². The van der Waals surface area contributed by atoms with Gasteiger partial charge in [-0.3, -0.25) is 0 Å². The first-order valence-electron chi connectivity index (χ1n) is 8.23. The quantitative estimate of drug-likeness (QED) is 0.653. The highest BCUT2D eigenvalue weighted by Gasteiger charge is 2.28. The maximum absolute atomic E-state index is 10.4. The predicted octanol–water partition coefficient (Wildman–Crippen LogP) is 2.53. The van der Waals surface area contributed by atoms with Crippen LogP contribution in [0.3, 0.4) is 0 Å². The minimum absolute atomic E-state index is 0.0289. The summed E-state index contributed by atoms with van der Waals surface area (Å²) in [5, 5.41) is 28.7. The molecule has 0 bridgehead atoms. The zero-order valence-corrected chi connectivity index (χ0v) is 14.5. The van der Waals surface area contributed by atoms with Crippen LogP contribution in [0, 0.1) is 34.8 Å². The Bertz CT molecular complexity index is 502. The van der Waals surface area contributed by atoms with Gasteiger partial charge in [0.25, 0.3) is 0 Å². The number of nitro groups is 1. The van der Waals surface area contributed by atoms with Crippen molar-refractivity contribution in [2.75, 3.05) is 6.61 Å². The number of rotatable bonds is 4. The summed E-state index contributed by atoms with van der Waals surface area (Å²) in [5.41, 5.74) is 0. The van der Waals surface area contributed by atoms with Gasteiger partial charge >= 0.3 is 5.82 Å². The summed E-state index contributed by atoms with van der Waals surface area (Å²) >= 11 is 0. The maximum Gasteiger partial charge on any atom is 0.342 e. The number of aliphatic hydroxyl groups is 2. The number of hydrogen-bond acceptors (Lipinski definition) is 5. The zero-order valence-electron chi connectivity index (χ0n) is 14.5. The van der Waals surface area contributed by atoms with Crippen LogP contribution in [0.2, 0.25) is 0 Å². The SMILES string of the molecule is CC1CCC(C(C)C)C(O)C1.Cc1ncc([N+](=O)[O-])n1CCO. The molecule has 0 spiro atoms. The van der Waals surface area contributed by atoms with Crippen molar-refractivity contribution in [1.29, 1.82) is 0 Å². The van der Waals surface area contributed by atoms with Gasteiger partial charge in [0, 0.05) is 6.92 Å². The second-order valence-electron chi connectivity index (χ2n) is 6.69. The summed E-state index contributed by atoms with van der Waals surface area (Å²) in [6, 6.07) is 0. The van der Waals surface area contributed by atoms with Gasteiger partial charge in [0.2, 0.25) is 0 Å². The molecule has 1 aromatic heterocycles. The summed E-state index contributed by atoms with van der Waals surface area (Å²) in [6.07, 6.45) is 4.70. The molecule has 2 rings (SSSR count). The van der Waals surface area contributed by atoms with E-state index in [0.717, 1.165) is 12.3 Å². The molecular formula is C16H29N3O4. The second-order valence-corrected chi connectivity index (χ2v) is 6.69. The third-order valence-electron chi connectivity index (χ3n) is 4.53. The highest BCUT2D eigenvalue weighted by Crippen LogP contribution is 2.33. The first-order valence-corrected chi connectivity index (χ1v) is 8.23. The molecule has 3 atom stereocenters. The molecule has 1 fully saturated rings. The Morgan fingerprint density at radius 3 is 2.61 bits per heavy atom. The molecule has 23 heavy (non-hydrogen) atoms. The minimum atomic E-state index is -0.518. The highest BCUT2D eigenvalue weighted by atomic mass is 16.6. The van der Waals surface area contributed by atoms with Gasteiger partial charge < -0.3 is 20.3 Å². The van der Waals surface area contributed by atoms with Crippen molar-refractivity contribution in [1.82, 2.24) is 9.55 Å². The summed E-state index contributed by atoms with van der Waals surface area (Å²) < 4.78 is 1.36. The van der Waals surface area contributed by atoms with Crippen molar-refractivity contribution < 1.29 is 15.1 Å². The summed E-state index contributed by atoms with van der Waals surface area (Å²) in [6.45, 7) is 8.40. The van der Waals surface area contributed by atoms with Crippen LogP contribution >= 0.6 is 0 Å². The average molecular weight is 327 g/mol. The van der Waals surface area contributed by atoms with E-state index in [2.05, 4.69) is 25.8 Å². The lowest BCUT2D eigenvalue weighted by molar-refractivity contribution is -0.392. The Morgan fingerprint density at radius 1 is 1.48 bits per heavy atom. The van der Waals surface area contributed by atoms with Gasteiger partial charge in [0.1, 0.15) is 12.7 Å². The third kappa shape index (κ3) is 5.58. The van der Waals surface area contributed by atoms with Crippen LogP contribution in [0.4, 0.5) is 5.82 Å². The van der Waals surface area contributed by atoms with Crippen molar-refractivity contribution in [2.45, 2.75) is 59.6 Å². The van der Waals surface area contributed by atoms with E-state index in [1.165, 1.54) is 23.6 Å². The Kier molecular flexibility index (Phi) is 7.64. The number of imidazole rings is 1. The molecule has 1 saturated carbocycles. The Balaban J connectivity index is 0.000000231. The molecule has 1 heterocycles. The Labute approximate surface area is 137 Å². The summed E-state index contributed by atoms with van der Waals surface area (Å²) in [5.74, 6) is 2.40. The predicted molar refractivity (Wildman–Crippen MR) is 88.1 cm³/mol. The first kappa shape index (κ1) is 19.6. The number of aliphatic hydroxyl groups excluding tert-OH is 2. The molecule has 7 nitrogen and oxygen atoms in total. The second kappa shape index (κ2) is 8.98. The number of aromatic nitrogens is 2. The van der Waals surface area contributed by atoms with Crippen molar-refractivity contribution >= 4 is 5.82 Å². The topological polar surface area (TPSA) is 101 Å². The molecule has 0 amide bonds. The minimum Gasteiger partial charge on any atom is -0.393 e. The van der Waals surface area contributed by atoms with Crippen LogP contribution < -0.4 is 0 Å². The van der Waals surface area contributed by atoms with E-state index in [-0.39, 0.29) is 25.1 Å². The largest absolute Gasteiger partial charge is 0.393 e. The fourth-order valence-corrected chi connectivity index (χ4v) is 3.13. The molecule has 1 aliphatic rings. The molecular weight excluding hydrogens is 298 g/mol. The standard InChI is InChI=1S/C10H20O.C6H9N3O3/c1-7(2)9-5-4-8(3)6-10(9)11;1-5-7-4-6(9(11)12)8(5)2-3-10/h7-11H,4-6H2,1-3H3;4,10H,2-3H2,1H3. The maximum atomic E-state index is 10.4. The monoisotopic (exact) mass is 327 g/mol. The molecule has 7 heteroatoms. The van der Waals surface area contributed by atoms with Crippen LogP contribution in [-0.4, -0.2) is 37.4 Å². The van der Waals surface area contributed by atoms with Crippen LogP contribution in [0.5, 0.6) is 0 Å². The van der Waals surface area contributed by atoms with Crippen LogP contribution in [0.15, 0.2) is 6.20 Å². The van der Waals surface area contributed by atoms with Gasteiger partial charge in [-0.1, -0.05) is 27.2 Å². The number of hydrogen-bond donors (Lipinski definition) is 2. The van der Waals surface area contributed by atoms with Gasteiger partial charge in [-0.05, 0) is 35.5 Å². The molecule has 0 saturated heterocycles. The molecule has 0 aliphatic heterocycles. The van der Waals surface area contributed by atoms with Crippen molar-refractivity contribution in [3.05, 3.63) is 22.1 Å². The molecule has 1 aliphatic carbocycles. The molecule has 2 N–H and O–H groups in total. The normalized spacial score (nSPS) is 24.2. The van der Waals surface area contributed by atoms with Gasteiger partial charge in [-0.15, -0.1) is 0 Å². The molecule has 0 radical (unpaired) electrons.